The summed E-state index contributed by atoms with van der Waals surface area (Å²) in [4.78, 5) is 43.6. The number of amides is 4. The van der Waals surface area contributed by atoms with Crippen LogP contribution >= 0.6 is 11.3 Å². The first-order chi connectivity index (χ1) is 11.3. The van der Waals surface area contributed by atoms with Gasteiger partial charge < -0.3 is 10.6 Å². The maximum atomic E-state index is 12.8. The Morgan fingerprint density at radius 3 is 2.79 bits per heavy atom. The summed E-state index contributed by atoms with van der Waals surface area (Å²) in [5, 5.41) is 6.00. The number of nitrogens with zero attached hydrogens (tertiary/aromatic N) is 2. The molecule has 2 atom stereocenters. The lowest BCUT2D eigenvalue weighted by molar-refractivity contribution is -0.136. The lowest BCUT2D eigenvalue weighted by Crippen LogP contribution is -2.54. The molecule has 7 nitrogen and oxygen atoms in total. The van der Waals surface area contributed by atoms with Gasteiger partial charge in [-0.25, -0.2) is 9.78 Å². The summed E-state index contributed by atoms with van der Waals surface area (Å²) in [5.41, 5.74) is 0.0320. The van der Waals surface area contributed by atoms with Crippen LogP contribution in [0.5, 0.6) is 0 Å². The molecule has 130 valence electrons. The number of hydrogen-bond acceptors (Lipinski definition) is 5. The number of urea groups is 1. The van der Waals surface area contributed by atoms with Gasteiger partial charge in [-0.15, -0.1) is 11.3 Å². The number of nitrogens with one attached hydrogen (secondary N) is 2. The van der Waals surface area contributed by atoms with Crippen LogP contribution in [0.25, 0.3) is 0 Å². The second-order valence-electron chi connectivity index (χ2n) is 6.65. The SMILES string of the molecule is Cc1nc(NC(=O)CN2C(=O)N[C@]3(CCCC[C@@H]3C)C2=O)sc1C. The van der Waals surface area contributed by atoms with Crippen molar-refractivity contribution < 1.29 is 14.4 Å². The monoisotopic (exact) mass is 350 g/mol. The summed E-state index contributed by atoms with van der Waals surface area (Å²) >= 11 is 1.38. The van der Waals surface area contributed by atoms with E-state index in [0.717, 1.165) is 34.7 Å². The van der Waals surface area contributed by atoms with Gasteiger partial charge in [0.2, 0.25) is 5.91 Å². The van der Waals surface area contributed by atoms with Crippen molar-refractivity contribution in [2.24, 2.45) is 5.92 Å². The molecule has 8 heteroatoms. The molecule has 0 aromatic carbocycles. The molecule has 4 amide bonds. The molecule has 1 saturated heterocycles. The minimum absolute atomic E-state index is 0.0834. The molecule has 1 aromatic heterocycles. The molecule has 3 rings (SSSR count). The number of hydrogen-bond donors (Lipinski definition) is 2. The van der Waals surface area contributed by atoms with E-state index in [2.05, 4.69) is 15.6 Å². The zero-order chi connectivity index (χ0) is 17.5. The number of aryl methyl sites for hydroxylation is 2. The number of rotatable bonds is 3. The van der Waals surface area contributed by atoms with Gasteiger partial charge in [-0.1, -0.05) is 19.8 Å². The summed E-state index contributed by atoms with van der Waals surface area (Å²) in [6.07, 6.45) is 3.52. The van der Waals surface area contributed by atoms with Crippen molar-refractivity contribution in [2.75, 3.05) is 11.9 Å². The molecule has 2 N–H and O–H groups in total. The number of anilines is 1. The van der Waals surface area contributed by atoms with Crippen LogP contribution in [0.1, 0.15) is 43.2 Å². The zero-order valence-electron chi connectivity index (χ0n) is 14.1. The van der Waals surface area contributed by atoms with E-state index in [1.807, 2.05) is 20.8 Å². The maximum absolute atomic E-state index is 12.8. The van der Waals surface area contributed by atoms with Crippen LogP contribution < -0.4 is 10.6 Å². The molecule has 0 bridgehead atoms. The van der Waals surface area contributed by atoms with Crippen LogP contribution in [0.15, 0.2) is 0 Å². The third-order valence-corrected chi connectivity index (χ3v) is 6.07. The van der Waals surface area contributed by atoms with Crippen LogP contribution in [-0.2, 0) is 9.59 Å². The third kappa shape index (κ3) is 2.79. The summed E-state index contributed by atoms with van der Waals surface area (Å²) in [5.74, 6) is -0.603. The number of thiazole rings is 1. The summed E-state index contributed by atoms with van der Waals surface area (Å²) in [6.45, 7) is 5.50. The van der Waals surface area contributed by atoms with E-state index in [9.17, 15) is 14.4 Å². The maximum Gasteiger partial charge on any atom is 0.325 e. The van der Waals surface area contributed by atoms with E-state index in [1.165, 1.54) is 11.3 Å². The number of aromatic nitrogens is 1. The van der Waals surface area contributed by atoms with Crippen molar-refractivity contribution in [1.82, 2.24) is 15.2 Å². The standard InChI is InChI=1S/C16H22N4O3S/c1-9-6-4-5-7-16(9)13(22)20(15(23)19-16)8-12(21)18-14-17-10(2)11(3)24-14/h9H,4-8H2,1-3H3,(H,19,23)(H,17,18,21)/t9-,16-/m0/s1. The Bertz CT molecular complexity index is 682. The first-order valence-corrected chi connectivity index (χ1v) is 9.03. The minimum Gasteiger partial charge on any atom is -0.323 e. The van der Waals surface area contributed by atoms with Gasteiger partial charge in [-0.05, 0) is 32.6 Å². The van der Waals surface area contributed by atoms with Crippen LogP contribution in [0.3, 0.4) is 0 Å². The van der Waals surface area contributed by atoms with Gasteiger partial charge >= 0.3 is 6.03 Å². The minimum atomic E-state index is -0.829. The smallest absolute Gasteiger partial charge is 0.323 e. The van der Waals surface area contributed by atoms with Crippen molar-refractivity contribution in [3.05, 3.63) is 10.6 Å². The Morgan fingerprint density at radius 1 is 1.42 bits per heavy atom. The number of carbonyl (C=O) groups excluding carboxylic acids is 3. The molecule has 2 heterocycles. The van der Waals surface area contributed by atoms with E-state index in [0.29, 0.717) is 11.6 Å². The normalized spacial score (nSPS) is 26.8. The summed E-state index contributed by atoms with van der Waals surface area (Å²) in [7, 11) is 0. The lowest BCUT2D eigenvalue weighted by Gasteiger charge is -2.36. The van der Waals surface area contributed by atoms with Gasteiger partial charge in [0.1, 0.15) is 12.1 Å². The van der Waals surface area contributed by atoms with E-state index in [4.69, 9.17) is 0 Å². The van der Waals surface area contributed by atoms with E-state index >= 15 is 0 Å². The molecule has 24 heavy (non-hydrogen) atoms. The second kappa shape index (κ2) is 6.16. The highest BCUT2D eigenvalue weighted by Crippen LogP contribution is 2.38. The predicted molar refractivity (Wildman–Crippen MR) is 90.8 cm³/mol. The zero-order valence-corrected chi connectivity index (χ0v) is 15.0. The fourth-order valence-electron chi connectivity index (χ4n) is 3.47. The van der Waals surface area contributed by atoms with Crippen LogP contribution in [0, 0.1) is 19.8 Å². The van der Waals surface area contributed by atoms with Crippen molar-refractivity contribution in [3.8, 4) is 0 Å². The third-order valence-electron chi connectivity index (χ3n) is 5.08. The molecule has 2 fully saturated rings. The quantitative estimate of drug-likeness (QED) is 0.818. The molecule has 2 aliphatic rings. The fourth-order valence-corrected chi connectivity index (χ4v) is 4.30. The van der Waals surface area contributed by atoms with Gasteiger partial charge in [0, 0.05) is 4.88 Å². The molecule has 0 unspecified atom stereocenters. The summed E-state index contributed by atoms with van der Waals surface area (Å²) < 4.78 is 0. The van der Waals surface area contributed by atoms with Crippen LogP contribution in [0.4, 0.5) is 9.93 Å². The van der Waals surface area contributed by atoms with Gasteiger partial charge in [-0.2, -0.15) is 0 Å². The van der Waals surface area contributed by atoms with Crippen LogP contribution in [0.2, 0.25) is 0 Å². The van der Waals surface area contributed by atoms with Gasteiger partial charge in [0.25, 0.3) is 5.91 Å². The van der Waals surface area contributed by atoms with Crippen LogP contribution in [-0.4, -0.2) is 39.8 Å². The van der Waals surface area contributed by atoms with E-state index < -0.39 is 17.5 Å². The van der Waals surface area contributed by atoms with Gasteiger partial charge in [0.15, 0.2) is 5.13 Å². The molecule has 1 aromatic rings. The topological polar surface area (TPSA) is 91.4 Å². The second-order valence-corrected chi connectivity index (χ2v) is 7.85. The van der Waals surface area contributed by atoms with Gasteiger partial charge in [0.05, 0.1) is 5.69 Å². The highest BCUT2D eigenvalue weighted by atomic mass is 32.1. The average molecular weight is 350 g/mol. The first-order valence-electron chi connectivity index (χ1n) is 8.21. The number of imide groups is 1. The molecule has 1 spiro atoms. The Kier molecular flexibility index (Phi) is 4.33. The number of carbonyl (C=O) groups is 3. The van der Waals surface area contributed by atoms with E-state index in [1.54, 1.807) is 0 Å². The van der Waals surface area contributed by atoms with E-state index in [-0.39, 0.29) is 18.4 Å². The molecular weight excluding hydrogens is 328 g/mol. The Morgan fingerprint density at radius 2 is 2.17 bits per heavy atom. The van der Waals surface area contributed by atoms with Gasteiger partial charge in [-0.3, -0.25) is 14.5 Å². The Balaban J connectivity index is 1.69. The first kappa shape index (κ1) is 16.9. The molecular formula is C16H22N4O3S. The van der Waals surface area contributed by atoms with Crippen molar-refractivity contribution in [1.29, 1.82) is 0 Å². The highest BCUT2D eigenvalue weighted by molar-refractivity contribution is 7.15. The predicted octanol–water partition coefficient (Wildman–Crippen LogP) is 2.20. The lowest BCUT2D eigenvalue weighted by atomic mass is 9.73. The largest absolute Gasteiger partial charge is 0.325 e. The Hall–Kier alpha value is -1.96. The average Bonchev–Trinajstić information content (AvgIpc) is 2.94. The molecule has 1 aliphatic heterocycles. The fraction of sp³-hybridized carbons (Fsp3) is 0.625. The van der Waals surface area contributed by atoms with Crippen molar-refractivity contribution >= 4 is 34.3 Å². The van der Waals surface area contributed by atoms with Crippen molar-refractivity contribution in [3.63, 3.8) is 0 Å². The Labute approximate surface area is 144 Å². The molecule has 1 aliphatic carbocycles. The molecule has 0 radical (unpaired) electrons. The highest BCUT2D eigenvalue weighted by Gasteiger charge is 2.55. The molecule has 1 saturated carbocycles. The summed E-state index contributed by atoms with van der Waals surface area (Å²) in [6, 6.07) is -0.476. The van der Waals surface area contributed by atoms with Crippen molar-refractivity contribution in [2.45, 2.75) is 52.0 Å².